The van der Waals surface area contributed by atoms with Crippen molar-refractivity contribution < 1.29 is 9.47 Å². The van der Waals surface area contributed by atoms with E-state index in [2.05, 4.69) is 4.90 Å². The molecule has 0 spiro atoms. The summed E-state index contributed by atoms with van der Waals surface area (Å²) in [6.45, 7) is 3.02. The zero-order chi connectivity index (χ0) is 10.4. The first-order valence-corrected chi connectivity index (χ1v) is 5.31. The number of hydrogen-bond donors (Lipinski definition) is 1. The highest BCUT2D eigenvalue weighted by molar-refractivity contribution is 4.77. The second-order valence-electron chi connectivity index (χ2n) is 3.77. The third kappa shape index (κ3) is 3.20. The Labute approximate surface area is 86.3 Å². The SMILES string of the molecule is COC(CC(CN)N1CCCC1)OC. The maximum Gasteiger partial charge on any atom is 0.158 e. The predicted molar refractivity (Wildman–Crippen MR) is 56.1 cm³/mol. The van der Waals surface area contributed by atoms with Gasteiger partial charge in [0.25, 0.3) is 0 Å². The van der Waals surface area contributed by atoms with Crippen molar-refractivity contribution in [3.05, 3.63) is 0 Å². The van der Waals surface area contributed by atoms with Gasteiger partial charge in [-0.25, -0.2) is 0 Å². The highest BCUT2D eigenvalue weighted by atomic mass is 16.7. The van der Waals surface area contributed by atoms with Gasteiger partial charge in [-0.05, 0) is 25.9 Å². The lowest BCUT2D eigenvalue weighted by atomic mass is 10.2. The maximum atomic E-state index is 5.76. The Morgan fingerprint density at radius 2 is 1.79 bits per heavy atom. The summed E-state index contributed by atoms with van der Waals surface area (Å²) in [6, 6.07) is 0.405. The highest BCUT2D eigenvalue weighted by Gasteiger charge is 2.23. The number of rotatable bonds is 6. The van der Waals surface area contributed by atoms with Crippen molar-refractivity contribution in [2.45, 2.75) is 31.6 Å². The number of methoxy groups -OCH3 is 2. The van der Waals surface area contributed by atoms with E-state index in [1.165, 1.54) is 25.9 Å². The van der Waals surface area contributed by atoms with Crippen LogP contribution in [0.2, 0.25) is 0 Å². The van der Waals surface area contributed by atoms with E-state index in [-0.39, 0.29) is 6.29 Å². The molecule has 1 aliphatic rings. The first kappa shape index (κ1) is 11.9. The monoisotopic (exact) mass is 202 g/mol. The minimum atomic E-state index is -0.121. The van der Waals surface area contributed by atoms with Gasteiger partial charge in [-0.3, -0.25) is 4.90 Å². The largest absolute Gasteiger partial charge is 0.356 e. The summed E-state index contributed by atoms with van der Waals surface area (Å²) in [5, 5.41) is 0. The van der Waals surface area contributed by atoms with Gasteiger partial charge in [0.2, 0.25) is 0 Å². The summed E-state index contributed by atoms with van der Waals surface area (Å²) < 4.78 is 10.4. The van der Waals surface area contributed by atoms with Crippen molar-refractivity contribution in [2.75, 3.05) is 33.9 Å². The van der Waals surface area contributed by atoms with E-state index >= 15 is 0 Å². The molecule has 0 saturated carbocycles. The van der Waals surface area contributed by atoms with Crippen LogP contribution in [0.4, 0.5) is 0 Å². The molecule has 4 nitrogen and oxygen atoms in total. The fourth-order valence-corrected chi connectivity index (χ4v) is 2.01. The van der Waals surface area contributed by atoms with Crippen LogP contribution in [0.3, 0.4) is 0 Å². The summed E-state index contributed by atoms with van der Waals surface area (Å²) in [5.41, 5.74) is 5.76. The molecule has 0 aromatic heterocycles. The topological polar surface area (TPSA) is 47.7 Å². The fourth-order valence-electron chi connectivity index (χ4n) is 2.01. The molecule has 0 aliphatic carbocycles. The van der Waals surface area contributed by atoms with Crippen molar-refractivity contribution in [1.29, 1.82) is 0 Å². The van der Waals surface area contributed by atoms with Crippen LogP contribution in [-0.4, -0.2) is 51.1 Å². The Bertz CT molecular complexity index is 145. The molecule has 1 aliphatic heterocycles. The molecule has 4 heteroatoms. The molecule has 0 radical (unpaired) electrons. The molecule has 84 valence electrons. The molecule has 1 atom stereocenters. The van der Waals surface area contributed by atoms with Gasteiger partial charge >= 0.3 is 0 Å². The third-order valence-corrected chi connectivity index (χ3v) is 2.92. The molecule has 0 bridgehead atoms. The van der Waals surface area contributed by atoms with Gasteiger partial charge in [0, 0.05) is 33.2 Å². The number of nitrogens with zero attached hydrogens (tertiary/aromatic N) is 1. The van der Waals surface area contributed by atoms with E-state index in [0.717, 1.165) is 6.42 Å². The number of hydrogen-bond acceptors (Lipinski definition) is 4. The molecule has 1 saturated heterocycles. The average Bonchev–Trinajstić information content (AvgIpc) is 2.73. The number of ether oxygens (including phenoxy) is 2. The maximum absolute atomic E-state index is 5.76. The molecule has 14 heavy (non-hydrogen) atoms. The van der Waals surface area contributed by atoms with Gasteiger partial charge in [0.15, 0.2) is 6.29 Å². The van der Waals surface area contributed by atoms with E-state index in [0.29, 0.717) is 12.6 Å². The number of nitrogens with two attached hydrogens (primary N) is 1. The molecule has 0 amide bonds. The van der Waals surface area contributed by atoms with Crippen LogP contribution in [-0.2, 0) is 9.47 Å². The molecule has 1 fully saturated rings. The van der Waals surface area contributed by atoms with Gasteiger partial charge in [-0.15, -0.1) is 0 Å². The quantitative estimate of drug-likeness (QED) is 0.634. The van der Waals surface area contributed by atoms with E-state index in [1.54, 1.807) is 14.2 Å². The van der Waals surface area contributed by atoms with Crippen LogP contribution in [0.1, 0.15) is 19.3 Å². The van der Waals surface area contributed by atoms with Gasteiger partial charge in [0.1, 0.15) is 0 Å². The van der Waals surface area contributed by atoms with E-state index in [1.807, 2.05) is 0 Å². The predicted octanol–water partition coefficient (Wildman–Crippen LogP) is 0.418. The molecule has 1 unspecified atom stereocenters. The number of likely N-dealkylation sites (tertiary alicyclic amines) is 1. The van der Waals surface area contributed by atoms with Crippen molar-refractivity contribution >= 4 is 0 Å². The highest BCUT2D eigenvalue weighted by Crippen LogP contribution is 2.15. The van der Waals surface area contributed by atoms with Crippen LogP contribution < -0.4 is 5.73 Å². The van der Waals surface area contributed by atoms with Crippen LogP contribution in [0.5, 0.6) is 0 Å². The Morgan fingerprint density at radius 1 is 1.21 bits per heavy atom. The van der Waals surface area contributed by atoms with Gasteiger partial charge < -0.3 is 15.2 Å². The van der Waals surface area contributed by atoms with Gasteiger partial charge in [-0.2, -0.15) is 0 Å². The Kier molecular flexibility index (Phi) is 5.40. The lowest BCUT2D eigenvalue weighted by Crippen LogP contribution is -2.41. The van der Waals surface area contributed by atoms with Crippen LogP contribution in [0.25, 0.3) is 0 Å². The Balaban J connectivity index is 2.36. The Morgan fingerprint density at radius 3 is 2.21 bits per heavy atom. The molecule has 0 aromatic rings. The average molecular weight is 202 g/mol. The summed E-state index contributed by atoms with van der Waals surface area (Å²) in [5.74, 6) is 0. The molecule has 0 aromatic carbocycles. The molecular formula is C10H22N2O2. The van der Waals surface area contributed by atoms with E-state index in [9.17, 15) is 0 Å². The van der Waals surface area contributed by atoms with Crippen LogP contribution in [0.15, 0.2) is 0 Å². The van der Waals surface area contributed by atoms with Crippen LogP contribution >= 0.6 is 0 Å². The summed E-state index contributed by atoms with van der Waals surface area (Å²) in [7, 11) is 3.34. The third-order valence-electron chi connectivity index (χ3n) is 2.92. The van der Waals surface area contributed by atoms with E-state index < -0.39 is 0 Å². The first-order chi connectivity index (χ1) is 6.81. The van der Waals surface area contributed by atoms with Gasteiger partial charge in [0.05, 0.1) is 0 Å². The van der Waals surface area contributed by atoms with E-state index in [4.69, 9.17) is 15.2 Å². The van der Waals surface area contributed by atoms with Crippen LogP contribution in [0, 0.1) is 0 Å². The molecule has 2 N–H and O–H groups in total. The molecule has 1 heterocycles. The zero-order valence-corrected chi connectivity index (χ0v) is 9.24. The minimum absolute atomic E-state index is 0.121. The summed E-state index contributed by atoms with van der Waals surface area (Å²) in [6.07, 6.45) is 3.33. The van der Waals surface area contributed by atoms with Crippen molar-refractivity contribution in [3.8, 4) is 0 Å². The smallest absolute Gasteiger partial charge is 0.158 e. The van der Waals surface area contributed by atoms with Gasteiger partial charge in [-0.1, -0.05) is 0 Å². The summed E-state index contributed by atoms with van der Waals surface area (Å²) >= 11 is 0. The van der Waals surface area contributed by atoms with Crippen molar-refractivity contribution in [2.24, 2.45) is 5.73 Å². The normalized spacial score (nSPS) is 20.6. The lowest BCUT2D eigenvalue weighted by molar-refractivity contribution is -0.115. The fraction of sp³-hybridized carbons (Fsp3) is 1.00. The zero-order valence-electron chi connectivity index (χ0n) is 9.24. The second kappa shape index (κ2) is 6.35. The molecule has 1 rings (SSSR count). The second-order valence-corrected chi connectivity index (χ2v) is 3.77. The standard InChI is InChI=1S/C10H22N2O2/c1-13-10(14-2)7-9(8-11)12-5-3-4-6-12/h9-10H,3-8,11H2,1-2H3. The summed E-state index contributed by atoms with van der Waals surface area (Å²) in [4.78, 5) is 2.44. The van der Waals surface area contributed by atoms with Crippen molar-refractivity contribution in [1.82, 2.24) is 4.90 Å². The first-order valence-electron chi connectivity index (χ1n) is 5.31. The molecular weight excluding hydrogens is 180 g/mol. The van der Waals surface area contributed by atoms with Crippen molar-refractivity contribution in [3.63, 3.8) is 0 Å². The Hall–Kier alpha value is -0.160. The minimum Gasteiger partial charge on any atom is -0.356 e. The lowest BCUT2D eigenvalue weighted by Gasteiger charge is -2.28.